The second-order valence-electron chi connectivity index (χ2n) is 6.41. The zero-order chi connectivity index (χ0) is 15.8. The highest BCUT2D eigenvalue weighted by molar-refractivity contribution is 6.30. The molecule has 1 saturated heterocycles. The van der Waals surface area contributed by atoms with Crippen LogP contribution in [0.4, 0.5) is 5.69 Å². The lowest BCUT2D eigenvalue weighted by molar-refractivity contribution is -0.0207. The van der Waals surface area contributed by atoms with E-state index in [0.717, 1.165) is 29.7 Å². The van der Waals surface area contributed by atoms with E-state index >= 15 is 0 Å². The number of anilines is 1. The van der Waals surface area contributed by atoms with Gasteiger partial charge in [0.2, 0.25) is 0 Å². The van der Waals surface area contributed by atoms with Crippen LogP contribution >= 0.6 is 11.6 Å². The van der Waals surface area contributed by atoms with Crippen molar-refractivity contribution in [1.29, 1.82) is 0 Å². The van der Waals surface area contributed by atoms with Gasteiger partial charge in [0, 0.05) is 12.1 Å². The van der Waals surface area contributed by atoms with Crippen molar-refractivity contribution in [2.45, 2.75) is 56.9 Å². The number of aromatic nitrogens is 3. The van der Waals surface area contributed by atoms with Crippen molar-refractivity contribution >= 4 is 28.5 Å². The van der Waals surface area contributed by atoms with Crippen LogP contribution in [-0.2, 0) is 4.74 Å². The molecule has 1 aliphatic heterocycles. The zero-order valence-electron chi connectivity index (χ0n) is 12.9. The summed E-state index contributed by atoms with van der Waals surface area (Å²) >= 11 is 6.23. The Bertz CT molecular complexity index is 699. The average Bonchev–Trinajstić information content (AvgIpc) is 3.26. The van der Waals surface area contributed by atoms with Gasteiger partial charge in [-0.15, -0.1) is 0 Å². The first-order valence-corrected chi connectivity index (χ1v) is 8.68. The topological polar surface area (TPSA) is 72.2 Å². The summed E-state index contributed by atoms with van der Waals surface area (Å²) in [6.07, 6.45) is 8.12. The van der Waals surface area contributed by atoms with E-state index in [4.69, 9.17) is 16.3 Å². The first-order valence-electron chi connectivity index (χ1n) is 8.30. The van der Waals surface area contributed by atoms with Crippen molar-refractivity contribution in [3.05, 3.63) is 17.5 Å². The molecule has 2 unspecified atom stereocenters. The summed E-state index contributed by atoms with van der Waals surface area (Å²) in [5.74, 6) is 0. The van der Waals surface area contributed by atoms with Crippen molar-refractivity contribution < 1.29 is 9.84 Å². The molecule has 7 heteroatoms. The van der Waals surface area contributed by atoms with Crippen molar-refractivity contribution in [3.8, 4) is 0 Å². The third-order valence-corrected chi connectivity index (χ3v) is 5.01. The average molecular weight is 337 g/mol. The van der Waals surface area contributed by atoms with Crippen LogP contribution < -0.4 is 5.32 Å². The van der Waals surface area contributed by atoms with E-state index in [2.05, 4.69) is 15.3 Å². The van der Waals surface area contributed by atoms with Gasteiger partial charge in [0.1, 0.15) is 16.9 Å². The van der Waals surface area contributed by atoms with E-state index in [-0.39, 0.29) is 18.9 Å². The van der Waals surface area contributed by atoms with Gasteiger partial charge in [0.15, 0.2) is 5.65 Å². The molecule has 6 nitrogen and oxygen atoms in total. The maximum Gasteiger partial charge on any atom is 0.165 e. The molecule has 1 saturated carbocycles. The predicted octanol–water partition coefficient (Wildman–Crippen LogP) is 3.11. The Morgan fingerprint density at radius 2 is 2.13 bits per heavy atom. The van der Waals surface area contributed by atoms with Crippen molar-refractivity contribution in [2.24, 2.45) is 0 Å². The summed E-state index contributed by atoms with van der Waals surface area (Å²) in [6.45, 7) is 0.0474. The quantitative estimate of drug-likeness (QED) is 0.839. The van der Waals surface area contributed by atoms with Crippen molar-refractivity contribution in [2.75, 3.05) is 11.9 Å². The molecule has 0 bridgehead atoms. The third-order valence-electron chi connectivity index (χ3n) is 4.81. The molecule has 2 N–H and O–H groups in total. The first-order chi connectivity index (χ1) is 11.2. The van der Waals surface area contributed by atoms with Gasteiger partial charge in [-0.25, -0.2) is 9.97 Å². The van der Waals surface area contributed by atoms with E-state index in [1.807, 2.05) is 10.6 Å². The number of fused-ring (bicyclic) bond motifs is 1. The molecule has 3 heterocycles. The fourth-order valence-electron chi connectivity index (χ4n) is 3.61. The largest absolute Gasteiger partial charge is 0.394 e. The Balaban J connectivity index is 1.67. The number of hydrogen-bond donors (Lipinski definition) is 2. The van der Waals surface area contributed by atoms with E-state index in [9.17, 15) is 5.11 Å². The number of halogens is 1. The Labute approximate surface area is 139 Å². The molecule has 0 radical (unpaired) electrons. The van der Waals surface area contributed by atoms with E-state index in [1.165, 1.54) is 25.7 Å². The number of nitrogens with one attached hydrogen (secondary N) is 1. The zero-order valence-corrected chi connectivity index (χ0v) is 13.7. The summed E-state index contributed by atoms with van der Waals surface area (Å²) in [6, 6.07) is 2.34. The number of pyridine rings is 1. The van der Waals surface area contributed by atoms with E-state index in [0.29, 0.717) is 11.2 Å². The molecule has 23 heavy (non-hydrogen) atoms. The molecular formula is C16H21ClN4O2. The predicted molar refractivity (Wildman–Crippen MR) is 88.6 cm³/mol. The number of aliphatic hydroxyl groups excluding tert-OH is 1. The summed E-state index contributed by atoms with van der Waals surface area (Å²) in [5.41, 5.74) is 2.52. The lowest BCUT2D eigenvalue weighted by Crippen LogP contribution is -2.15. The highest BCUT2D eigenvalue weighted by Gasteiger charge is 2.28. The van der Waals surface area contributed by atoms with Crippen LogP contribution in [0.1, 0.15) is 44.8 Å². The minimum atomic E-state index is -0.137. The molecule has 2 aliphatic rings. The molecule has 0 spiro atoms. The molecule has 4 rings (SSSR count). The molecule has 0 aromatic carbocycles. The van der Waals surface area contributed by atoms with Gasteiger partial charge in [-0.2, -0.15) is 0 Å². The van der Waals surface area contributed by atoms with Crippen LogP contribution in [0, 0.1) is 0 Å². The Kier molecular flexibility index (Phi) is 4.13. The van der Waals surface area contributed by atoms with Gasteiger partial charge in [0.05, 0.1) is 24.7 Å². The fourth-order valence-corrected chi connectivity index (χ4v) is 3.80. The molecule has 2 aromatic heterocycles. The lowest BCUT2D eigenvalue weighted by Gasteiger charge is -2.16. The Hall–Kier alpha value is -1.37. The standard InChI is InChI=1S/C16H21ClN4O2/c17-13-7-12(19-10-3-1-2-4-10)15-16(20-13)21(9-18-15)14-6-5-11(8-22)23-14/h7,9-11,14,22H,1-6,8H2,(H,19,20). The van der Waals surface area contributed by atoms with Gasteiger partial charge in [-0.05, 0) is 25.7 Å². The third kappa shape index (κ3) is 2.91. The van der Waals surface area contributed by atoms with Crippen molar-refractivity contribution in [3.63, 3.8) is 0 Å². The SMILES string of the molecule is OCC1CCC(n2cnc3c(NC4CCCC4)cc(Cl)nc32)O1. The number of hydrogen-bond acceptors (Lipinski definition) is 5. The van der Waals surface area contributed by atoms with Crippen LogP contribution in [0.3, 0.4) is 0 Å². The molecule has 2 atom stereocenters. The van der Waals surface area contributed by atoms with Crippen LogP contribution in [0.25, 0.3) is 11.2 Å². The summed E-state index contributed by atoms with van der Waals surface area (Å²) in [5, 5.41) is 13.3. The summed E-state index contributed by atoms with van der Waals surface area (Å²) in [4.78, 5) is 8.98. The lowest BCUT2D eigenvalue weighted by atomic mass is 10.2. The van der Waals surface area contributed by atoms with Crippen LogP contribution in [0.15, 0.2) is 12.4 Å². The van der Waals surface area contributed by atoms with Crippen LogP contribution in [-0.4, -0.2) is 38.4 Å². The van der Waals surface area contributed by atoms with Gasteiger partial charge in [-0.3, -0.25) is 4.57 Å². The number of aliphatic hydroxyl groups is 1. The smallest absolute Gasteiger partial charge is 0.165 e. The van der Waals surface area contributed by atoms with E-state index < -0.39 is 0 Å². The fraction of sp³-hybridized carbons (Fsp3) is 0.625. The molecule has 2 fully saturated rings. The number of imidazole rings is 1. The molecular weight excluding hydrogens is 316 g/mol. The number of rotatable bonds is 4. The summed E-state index contributed by atoms with van der Waals surface area (Å²) in [7, 11) is 0. The highest BCUT2D eigenvalue weighted by atomic mass is 35.5. The second-order valence-corrected chi connectivity index (χ2v) is 6.80. The van der Waals surface area contributed by atoms with Gasteiger partial charge in [0.25, 0.3) is 0 Å². The molecule has 124 valence electrons. The molecule has 0 amide bonds. The minimum Gasteiger partial charge on any atom is -0.394 e. The normalized spacial score (nSPS) is 25.5. The Morgan fingerprint density at radius 3 is 2.87 bits per heavy atom. The van der Waals surface area contributed by atoms with Crippen LogP contribution in [0.5, 0.6) is 0 Å². The monoisotopic (exact) mass is 336 g/mol. The molecule has 1 aliphatic carbocycles. The van der Waals surface area contributed by atoms with Gasteiger partial charge >= 0.3 is 0 Å². The highest BCUT2D eigenvalue weighted by Crippen LogP contribution is 2.33. The number of ether oxygens (including phenoxy) is 1. The minimum absolute atomic E-state index is 0.0474. The van der Waals surface area contributed by atoms with Gasteiger partial charge < -0.3 is 15.2 Å². The van der Waals surface area contributed by atoms with Gasteiger partial charge in [-0.1, -0.05) is 24.4 Å². The summed E-state index contributed by atoms with van der Waals surface area (Å²) < 4.78 is 7.77. The molecule has 2 aromatic rings. The maximum absolute atomic E-state index is 9.25. The Morgan fingerprint density at radius 1 is 1.30 bits per heavy atom. The van der Waals surface area contributed by atoms with Crippen molar-refractivity contribution in [1.82, 2.24) is 14.5 Å². The maximum atomic E-state index is 9.25. The van der Waals surface area contributed by atoms with Crippen LogP contribution in [0.2, 0.25) is 5.15 Å². The van der Waals surface area contributed by atoms with E-state index in [1.54, 1.807) is 6.33 Å². The number of nitrogens with zero attached hydrogens (tertiary/aromatic N) is 3. The second kappa shape index (κ2) is 6.26. The first kappa shape index (κ1) is 15.2.